The van der Waals surface area contributed by atoms with Crippen molar-refractivity contribution in [1.82, 2.24) is 9.97 Å². The summed E-state index contributed by atoms with van der Waals surface area (Å²) < 4.78 is 2.57. The largest absolute Gasteiger partial charge is 0.305 e. The van der Waals surface area contributed by atoms with Gasteiger partial charge in [0, 0.05) is 37.2 Å². The molecule has 0 bridgehead atoms. The van der Waals surface area contributed by atoms with E-state index < -0.39 is 8.07 Å². The summed E-state index contributed by atoms with van der Waals surface area (Å²) in [5.74, 6) is 0. The van der Waals surface area contributed by atoms with E-state index in [2.05, 4.69) is 150 Å². The van der Waals surface area contributed by atoms with E-state index >= 15 is 0 Å². The second-order valence-electron chi connectivity index (χ2n) is 14.5. The molecule has 7 aromatic rings. The van der Waals surface area contributed by atoms with Gasteiger partial charge >= 0.3 is 0 Å². The SMILES string of the molecule is CC(C)(C)Cc1ccnc(-c2[c-]ccc3c2sc2cc(-c4ccccc4)ccc23)c1.Cc1cc(-c2[c-]cccc2)ncc1[Si](C)(C)C.[Ir]. The molecule has 0 unspecified atom stereocenters. The number of aromatic nitrogens is 2. The second kappa shape index (κ2) is 14.8. The topological polar surface area (TPSA) is 25.8 Å². The molecule has 0 aliphatic carbocycles. The Kier molecular flexibility index (Phi) is 11.0. The summed E-state index contributed by atoms with van der Waals surface area (Å²) in [5, 5.41) is 4.03. The predicted molar refractivity (Wildman–Crippen MR) is 206 cm³/mol. The van der Waals surface area contributed by atoms with Crippen molar-refractivity contribution in [2.75, 3.05) is 0 Å². The van der Waals surface area contributed by atoms with Crippen LogP contribution >= 0.6 is 11.3 Å². The first-order valence-electron chi connectivity index (χ1n) is 16.3. The first-order chi connectivity index (χ1) is 22.5. The Hall–Kier alpha value is -3.73. The third-order valence-electron chi connectivity index (χ3n) is 8.26. The van der Waals surface area contributed by atoms with Gasteiger partial charge in [0.2, 0.25) is 0 Å². The molecule has 0 fully saturated rings. The minimum Gasteiger partial charge on any atom is -0.305 e. The maximum atomic E-state index is 4.70. The molecule has 3 heterocycles. The van der Waals surface area contributed by atoms with E-state index in [0.717, 1.165) is 28.9 Å². The predicted octanol–water partition coefficient (Wildman–Crippen LogP) is 11.6. The van der Waals surface area contributed by atoms with Gasteiger partial charge in [-0.2, -0.15) is 11.3 Å². The quantitative estimate of drug-likeness (QED) is 0.127. The Morgan fingerprint density at radius 2 is 1.50 bits per heavy atom. The molecule has 0 amide bonds. The molecular weight excluding hydrogens is 797 g/mol. The molecule has 3 aromatic heterocycles. The maximum absolute atomic E-state index is 4.70. The van der Waals surface area contributed by atoms with Crippen LogP contribution in [0.25, 0.3) is 53.8 Å². The molecule has 4 aromatic carbocycles. The van der Waals surface area contributed by atoms with Gasteiger partial charge in [-0.3, -0.25) is 0 Å². The maximum Gasteiger partial charge on any atom is 0.0798 e. The Morgan fingerprint density at radius 3 is 2.19 bits per heavy atom. The summed E-state index contributed by atoms with van der Waals surface area (Å²) in [7, 11) is -1.27. The monoisotopic (exact) mass is 839 g/mol. The average Bonchev–Trinajstić information content (AvgIpc) is 3.43. The van der Waals surface area contributed by atoms with Crippen LogP contribution in [0.2, 0.25) is 19.6 Å². The van der Waals surface area contributed by atoms with Crippen molar-refractivity contribution in [1.29, 1.82) is 0 Å². The van der Waals surface area contributed by atoms with Crippen molar-refractivity contribution in [3.05, 3.63) is 139 Å². The van der Waals surface area contributed by atoms with Gasteiger partial charge < -0.3 is 9.97 Å². The van der Waals surface area contributed by atoms with E-state index in [-0.39, 0.29) is 25.5 Å². The number of hydrogen-bond donors (Lipinski definition) is 0. The molecule has 0 N–H and O–H groups in total. The van der Waals surface area contributed by atoms with Crippen LogP contribution < -0.4 is 5.19 Å². The number of benzene rings is 4. The molecule has 0 spiro atoms. The Morgan fingerprint density at radius 1 is 0.729 bits per heavy atom. The van der Waals surface area contributed by atoms with Crippen LogP contribution in [-0.4, -0.2) is 18.0 Å². The summed E-state index contributed by atoms with van der Waals surface area (Å²) in [6.45, 7) is 16.1. The van der Waals surface area contributed by atoms with E-state index in [1.165, 1.54) is 47.6 Å². The fourth-order valence-corrected chi connectivity index (χ4v) is 9.07. The first-order valence-corrected chi connectivity index (χ1v) is 20.6. The first kappa shape index (κ1) is 35.6. The van der Waals surface area contributed by atoms with Crippen molar-refractivity contribution in [2.45, 2.75) is 53.8 Å². The number of thiophene rings is 1. The van der Waals surface area contributed by atoms with E-state index in [1.54, 1.807) is 0 Å². The molecule has 0 saturated carbocycles. The van der Waals surface area contributed by atoms with Gasteiger partial charge in [-0.15, -0.1) is 59.7 Å². The number of fused-ring (bicyclic) bond motifs is 3. The van der Waals surface area contributed by atoms with Crippen LogP contribution in [-0.2, 0) is 26.5 Å². The van der Waals surface area contributed by atoms with Gasteiger partial charge in [0.1, 0.15) is 0 Å². The van der Waals surface area contributed by atoms with Crippen molar-refractivity contribution in [3.63, 3.8) is 0 Å². The number of hydrogen-bond acceptors (Lipinski definition) is 3. The number of nitrogens with zero attached hydrogens (tertiary/aromatic N) is 2. The summed E-state index contributed by atoms with van der Waals surface area (Å²) in [6.07, 6.45) is 5.02. The Labute approximate surface area is 304 Å². The van der Waals surface area contributed by atoms with E-state index in [4.69, 9.17) is 4.98 Å². The molecule has 1 radical (unpaired) electrons. The van der Waals surface area contributed by atoms with Crippen molar-refractivity contribution >= 4 is 44.8 Å². The van der Waals surface area contributed by atoms with E-state index in [1.807, 2.05) is 41.8 Å². The summed E-state index contributed by atoms with van der Waals surface area (Å²) in [5.41, 5.74) is 9.63. The zero-order valence-corrected chi connectivity index (χ0v) is 33.0. The molecule has 0 aliphatic heterocycles. The number of rotatable bonds is 5. The molecule has 0 saturated heterocycles. The third kappa shape index (κ3) is 8.27. The van der Waals surface area contributed by atoms with Crippen molar-refractivity contribution in [3.8, 4) is 33.6 Å². The van der Waals surface area contributed by atoms with E-state index in [9.17, 15) is 0 Å². The van der Waals surface area contributed by atoms with Crippen LogP contribution in [0.15, 0.2) is 116 Å². The Balaban J connectivity index is 0.000000214. The smallest absolute Gasteiger partial charge is 0.0798 e. The molecule has 0 atom stereocenters. The van der Waals surface area contributed by atoms with Gasteiger partial charge in [-0.05, 0) is 68.7 Å². The van der Waals surface area contributed by atoms with Crippen LogP contribution in [0.3, 0.4) is 0 Å². The molecule has 2 nitrogen and oxygen atoms in total. The minimum atomic E-state index is -1.27. The normalized spacial score (nSPS) is 11.6. The summed E-state index contributed by atoms with van der Waals surface area (Å²) in [4.78, 5) is 9.28. The van der Waals surface area contributed by atoms with E-state index in [0.29, 0.717) is 0 Å². The van der Waals surface area contributed by atoms with Crippen molar-refractivity contribution in [2.24, 2.45) is 5.41 Å². The van der Waals surface area contributed by atoms with Crippen LogP contribution in [0, 0.1) is 24.5 Å². The van der Waals surface area contributed by atoms with Gasteiger partial charge in [-0.25, -0.2) is 0 Å². The third-order valence-corrected chi connectivity index (χ3v) is 11.6. The van der Waals surface area contributed by atoms with Crippen LogP contribution in [0.4, 0.5) is 0 Å². The molecule has 5 heteroatoms. The molecule has 0 aliphatic rings. The molecular formula is C43H42IrN2SSi-2. The summed E-state index contributed by atoms with van der Waals surface area (Å²) in [6, 6.07) is 42.8. The summed E-state index contributed by atoms with van der Waals surface area (Å²) >= 11 is 1.84. The number of aryl methyl sites for hydroxylation is 1. The standard InChI is InChI=1S/C28H24NS.C15H18NSi.Ir/c1-28(2,3)18-19-14-15-29-25(16-19)24-11-7-10-23-22-13-12-21(17-26(22)30-27(23)24)20-8-5-4-6-9-20;1-12-10-14(13-8-6-5-7-9-13)16-11-15(12)17(2,3)4;/h4-10,12-17H,18H2,1-3H3;5-8,10-11H,1-4H3;/q2*-1;. The van der Waals surface area contributed by atoms with Gasteiger partial charge in [-0.1, -0.05) is 112 Å². The molecule has 48 heavy (non-hydrogen) atoms. The minimum absolute atomic E-state index is 0. The zero-order valence-electron chi connectivity index (χ0n) is 28.8. The average molecular weight is 839 g/mol. The molecule has 7 rings (SSSR count). The fraction of sp³-hybridized carbons (Fsp3) is 0.209. The fourth-order valence-electron chi connectivity index (χ4n) is 6.12. The van der Waals surface area contributed by atoms with Gasteiger partial charge in [0.25, 0.3) is 0 Å². The second-order valence-corrected chi connectivity index (χ2v) is 20.6. The molecule has 245 valence electrons. The zero-order chi connectivity index (χ0) is 33.2. The van der Waals surface area contributed by atoms with Gasteiger partial charge in [0.15, 0.2) is 0 Å². The van der Waals surface area contributed by atoms with Crippen LogP contribution in [0.1, 0.15) is 31.9 Å². The van der Waals surface area contributed by atoms with Crippen LogP contribution in [0.5, 0.6) is 0 Å². The Bertz CT molecular complexity index is 2140. The van der Waals surface area contributed by atoms with Crippen molar-refractivity contribution < 1.29 is 20.1 Å². The van der Waals surface area contributed by atoms with Gasteiger partial charge in [0.05, 0.1) is 8.07 Å². The number of pyridine rings is 2.